The second kappa shape index (κ2) is 2.99. The van der Waals surface area contributed by atoms with Crippen LogP contribution in [0.4, 0.5) is 0 Å². The van der Waals surface area contributed by atoms with Gasteiger partial charge in [0.2, 0.25) is 0 Å². The number of rotatable bonds is 3. The molecule has 0 radical (unpaired) electrons. The fraction of sp³-hybridized carbons (Fsp3) is 0.333. The van der Waals surface area contributed by atoms with Gasteiger partial charge >= 0.3 is 14.3 Å². The molecule has 0 spiro atoms. The predicted octanol–water partition coefficient (Wildman–Crippen LogP) is 0.535. The van der Waals surface area contributed by atoms with Crippen molar-refractivity contribution >= 4 is 14.3 Å². The zero-order valence-corrected chi connectivity index (χ0v) is 6.83. The van der Waals surface area contributed by atoms with Gasteiger partial charge in [0.05, 0.1) is 6.16 Å². The third-order valence-electron chi connectivity index (χ3n) is 0.774. The summed E-state index contributed by atoms with van der Waals surface area (Å²) in [4.78, 5) is 25.0. The summed E-state index contributed by atoms with van der Waals surface area (Å²) in [5.74, 6) is 0. The molecule has 60 valence electrons. The summed E-state index contributed by atoms with van der Waals surface area (Å²) in [5, 5.41) is 0. The molecule has 0 bridgehead atoms. The maximum atomic E-state index is 10.6. The number of allylic oxidation sites excluding steroid dienone is 1. The van der Waals surface area contributed by atoms with E-state index in [1.165, 1.54) is 0 Å². The highest BCUT2D eigenvalue weighted by atomic mass is 32.1. The van der Waals surface area contributed by atoms with Gasteiger partial charge in [0.25, 0.3) is 0 Å². The maximum absolute atomic E-state index is 10.6. The van der Waals surface area contributed by atoms with Crippen LogP contribution in [0, 0.1) is 0 Å². The van der Waals surface area contributed by atoms with Gasteiger partial charge in [0.15, 0.2) is 0 Å². The summed E-state index contributed by atoms with van der Waals surface area (Å²) in [6, 6.07) is 0. The molecule has 0 aromatic carbocycles. The fourth-order valence-corrected chi connectivity index (χ4v) is 1.81. The molecule has 0 amide bonds. The third kappa shape index (κ3) is 2.37. The van der Waals surface area contributed by atoms with Crippen LogP contribution in [0.3, 0.4) is 0 Å². The molecule has 1 atom stereocenters. The lowest BCUT2D eigenvalue weighted by Crippen LogP contribution is -1.85. The Balaban J connectivity index is 4.58. The van der Waals surface area contributed by atoms with Gasteiger partial charge in [-0.25, -0.2) is 4.57 Å². The molecular formula is C3H8O5P2. The minimum Gasteiger partial charge on any atom is -0.336 e. The smallest absolute Gasteiger partial charge is 0.336 e. The largest absolute Gasteiger partial charge is 0.407 e. The van der Waals surface area contributed by atoms with Gasteiger partial charge in [-0.05, 0) is 0 Å². The summed E-state index contributed by atoms with van der Waals surface area (Å²) in [5.41, 5.74) is 0. The van der Waals surface area contributed by atoms with Crippen LogP contribution in [-0.4, -0.2) is 20.8 Å². The Bertz CT molecular complexity index is 215. The van der Waals surface area contributed by atoms with Gasteiger partial charge in [-0.2, -0.15) is 0 Å². The summed E-state index contributed by atoms with van der Waals surface area (Å²) < 4.78 is 20.7. The summed E-state index contributed by atoms with van der Waals surface area (Å²) in [6.45, 7) is 3.08. The first-order valence-corrected chi connectivity index (χ1v) is 6.46. The highest BCUT2D eigenvalue weighted by Crippen LogP contribution is 2.74. The predicted molar refractivity (Wildman–Crippen MR) is 36.9 cm³/mol. The van der Waals surface area contributed by atoms with Crippen molar-refractivity contribution in [3.63, 3.8) is 0 Å². The van der Waals surface area contributed by atoms with E-state index in [4.69, 9.17) is 14.7 Å². The minimum atomic E-state index is -4.85. The second-order valence-electron chi connectivity index (χ2n) is 1.65. The van der Waals surface area contributed by atoms with E-state index in [-0.39, 0.29) is 0 Å². The normalized spacial score (nSPS) is 17.9. The molecule has 0 heterocycles. The lowest BCUT2D eigenvalue weighted by molar-refractivity contribution is 0.378. The van der Waals surface area contributed by atoms with Gasteiger partial charge in [-0.15, -0.1) is 6.58 Å². The number of hydrogen-bond donors (Lipinski definition) is 3. The molecule has 0 aliphatic carbocycles. The minimum absolute atomic E-state index is 0.558. The second-order valence-corrected chi connectivity index (χ2v) is 7.81. The quantitative estimate of drug-likeness (QED) is 0.441. The molecule has 0 aromatic rings. The van der Waals surface area contributed by atoms with Crippen LogP contribution in [0.2, 0.25) is 0 Å². The van der Waals surface area contributed by atoms with Crippen LogP contribution >= 0.6 is 14.3 Å². The fourth-order valence-electron chi connectivity index (χ4n) is 0.275. The first-order chi connectivity index (χ1) is 4.31. The Labute approximate surface area is 57.9 Å². The Kier molecular flexibility index (Phi) is 3.01. The Hall–Kier alpha value is 0.0800. The zero-order chi connectivity index (χ0) is 8.41. The van der Waals surface area contributed by atoms with E-state index >= 15 is 0 Å². The topological polar surface area (TPSA) is 94.8 Å². The van der Waals surface area contributed by atoms with Crippen LogP contribution < -0.4 is 0 Å². The lowest BCUT2D eigenvalue weighted by atomic mass is 10.8. The molecule has 0 aliphatic heterocycles. The Morgan fingerprint density at radius 1 is 1.30 bits per heavy atom. The highest BCUT2D eigenvalue weighted by Gasteiger charge is 2.38. The van der Waals surface area contributed by atoms with Crippen LogP contribution in [-0.2, 0) is 9.13 Å². The van der Waals surface area contributed by atoms with Gasteiger partial charge in [0, 0.05) is 0 Å². The van der Waals surface area contributed by atoms with Crippen molar-refractivity contribution in [1.29, 1.82) is 0 Å². The Morgan fingerprint density at radius 2 is 1.70 bits per heavy atom. The SMILES string of the molecule is C=CCP(=O)(O)P(=O)(O)O. The zero-order valence-electron chi connectivity index (χ0n) is 5.04. The summed E-state index contributed by atoms with van der Waals surface area (Å²) >= 11 is 0. The average Bonchev–Trinajstić information content (AvgIpc) is 1.61. The van der Waals surface area contributed by atoms with Gasteiger partial charge < -0.3 is 14.7 Å². The Morgan fingerprint density at radius 3 is 1.80 bits per heavy atom. The molecule has 7 heteroatoms. The van der Waals surface area contributed by atoms with Crippen molar-refractivity contribution in [2.75, 3.05) is 6.16 Å². The monoisotopic (exact) mass is 186 g/mol. The van der Waals surface area contributed by atoms with E-state index in [0.717, 1.165) is 6.08 Å². The van der Waals surface area contributed by atoms with Crippen molar-refractivity contribution in [2.24, 2.45) is 0 Å². The van der Waals surface area contributed by atoms with E-state index in [1.54, 1.807) is 0 Å². The van der Waals surface area contributed by atoms with Gasteiger partial charge in [-0.1, -0.05) is 6.08 Å². The van der Waals surface area contributed by atoms with E-state index in [9.17, 15) is 9.13 Å². The van der Waals surface area contributed by atoms with Crippen molar-refractivity contribution < 1.29 is 23.8 Å². The van der Waals surface area contributed by atoms with Gasteiger partial charge in [-0.3, -0.25) is 4.57 Å². The summed E-state index contributed by atoms with van der Waals surface area (Å²) in [7, 11) is -9.17. The van der Waals surface area contributed by atoms with Crippen LogP contribution in [0.15, 0.2) is 12.7 Å². The molecular weight excluding hydrogens is 178 g/mol. The van der Waals surface area contributed by atoms with E-state index in [2.05, 4.69) is 6.58 Å². The first-order valence-electron chi connectivity index (χ1n) is 2.30. The van der Waals surface area contributed by atoms with Gasteiger partial charge in [0.1, 0.15) is 0 Å². The van der Waals surface area contributed by atoms with E-state index < -0.39 is 20.5 Å². The molecule has 0 aliphatic rings. The van der Waals surface area contributed by atoms with E-state index in [1.807, 2.05) is 0 Å². The van der Waals surface area contributed by atoms with Crippen molar-refractivity contribution in [3.05, 3.63) is 12.7 Å². The summed E-state index contributed by atoms with van der Waals surface area (Å²) in [6.07, 6.45) is 0.442. The lowest BCUT2D eigenvalue weighted by Gasteiger charge is -2.09. The number of hydrogen-bond acceptors (Lipinski definition) is 2. The molecule has 0 rings (SSSR count). The van der Waals surface area contributed by atoms with Crippen LogP contribution in [0.5, 0.6) is 0 Å². The third-order valence-corrected chi connectivity index (χ3v) is 5.25. The van der Waals surface area contributed by atoms with Crippen LogP contribution in [0.25, 0.3) is 0 Å². The molecule has 5 nitrogen and oxygen atoms in total. The van der Waals surface area contributed by atoms with Crippen molar-refractivity contribution in [3.8, 4) is 0 Å². The maximum Gasteiger partial charge on any atom is 0.407 e. The molecule has 0 saturated heterocycles. The van der Waals surface area contributed by atoms with Crippen molar-refractivity contribution in [1.82, 2.24) is 0 Å². The first kappa shape index (κ1) is 10.1. The molecule has 0 fully saturated rings. The highest BCUT2D eigenvalue weighted by molar-refractivity contribution is 8.28. The molecule has 0 saturated carbocycles. The standard InChI is InChI=1S/C3H8O5P2/c1-2-3-9(4,5)10(6,7)8/h2H,1,3H2,(H,4,5)(H2,6,7,8). The van der Waals surface area contributed by atoms with E-state index in [0.29, 0.717) is 0 Å². The molecule has 1 unspecified atom stereocenters. The van der Waals surface area contributed by atoms with Crippen LogP contribution in [0.1, 0.15) is 0 Å². The molecule has 0 aromatic heterocycles. The average molecular weight is 186 g/mol. The molecule has 3 N–H and O–H groups in total. The molecule has 10 heavy (non-hydrogen) atoms. The van der Waals surface area contributed by atoms with Crippen molar-refractivity contribution in [2.45, 2.75) is 0 Å².